The first-order valence-electron chi connectivity index (χ1n) is 9.07. The van der Waals surface area contributed by atoms with Crippen LogP contribution in [0.25, 0.3) is 0 Å². The van der Waals surface area contributed by atoms with Crippen molar-refractivity contribution in [1.82, 2.24) is 0 Å². The molecule has 1 heterocycles. The van der Waals surface area contributed by atoms with Crippen LogP contribution in [-0.4, -0.2) is 24.2 Å². The largest absolute Gasteiger partial charge is 0.497 e. The van der Waals surface area contributed by atoms with Gasteiger partial charge in [0.25, 0.3) is 0 Å². The summed E-state index contributed by atoms with van der Waals surface area (Å²) < 4.78 is 26.4. The van der Waals surface area contributed by atoms with Crippen molar-refractivity contribution in [3.8, 4) is 0 Å². The minimum atomic E-state index is -0.752. The molecule has 1 aliphatic heterocycles. The zero-order chi connectivity index (χ0) is 18.8. The van der Waals surface area contributed by atoms with Crippen LogP contribution in [0.3, 0.4) is 0 Å². The standard InChI is InChI=1S/C19H29BFNO3/c1-7-9-13(8-2)17(23)22-14-10-11-15(16(21)12-14)20-24-18(3,4)19(5,6)25-20/h10-13H,7-9H2,1-6H3,(H,22,23). The highest BCUT2D eigenvalue weighted by atomic mass is 19.1. The van der Waals surface area contributed by atoms with Crippen LogP contribution >= 0.6 is 0 Å². The van der Waals surface area contributed by atoms with Gasteiger partial charge in [0.1, 0.15) is 5.82 Å². The second-order valence-corrected chi connectivity index (χ2v) is 7.71. The summed E-state index contributed by atoms with van der Waals surface area (Å²) in [7, 11) is -0.752. The molecule has 0 bridgehead atoms. The molecule has 2 rings (SSSR count). The first-order valence-corrected chi connectivity index (χ1v) is 9.07. The molecule has 0 spiro atoms. The van der Waals surface area contributed by atoms with Gasteiger partial charge in [0.15, 0.2) is 0 Å². The second kappa shape index (κ2) is 7.46. The highest BCUT2D eigenvalue weighted by Crippen LogP contribution is 2.36. The Hall–Kier alpha value is -1.40. The van der Waals surface area contributed by atoms with Crippen molar-refractivity contribution in [2.45, 2.75) is 72.0 Å². The number of carbonyl (C=O) groups excluding carboxylic acids is 1. The minimum absolute atomic E-state index is 0.0455. The second-order valence-electron chi connectivity index (χ2n) is 7.71. The van der Waals surface area contributed by atoms with Gasteiger partial charge in [0.05, 0.1) is 11.2 Å². The molecule has 6 heteroatoms. The molecule has 0 aromatic heterocycles. The topological polar surface area (TPSA) is 47.6 Å². The predicted octanol–water partition coefficient (Wildman–Crippen LogP) is 3.89. The highest BCUT2D eigenvalue weighted by Gasteiger charge is 2.52. The van der Waals surface area contributed by atoms with Gasteiger partial charge in [-0.3, -0.25) is 4.79 Å². The third-order valence-corrected chi connectivity index (χ3v) is 5.28. The zero-order valence-electron chi connectivity index (χ0n) is 16.1. The van der Waals surface area contributed by atoms with E-state index in [2.05, 4.69) is 12.2 Å². The van der Waals surface area contributed by atoms with Crippen molar-refractivity contribution in [1.29, 1.82) is 0 Å². The van der Waals surface area contributed by atoms with E-state index in [1.54, 1.807) is 12.1 Å². The van der Waals surface area contributed by atoms with E-state index in [1.165, 1.54) is 6.07 Å². The number of carbonyl (C=O) groups is 1. The van der Waals surface area contributed by atoms with Crippen LogP contribution in [0, 0.1) is 11.7 Å². The smallest absolute Gasteiger partial charge is 0.399 e. The van der Waals surface area contributed by atoms with E-state index in [-0.39, 0.29) is 11.8 Å². The van der Waals surface area contributed by atoms with Gasteiger partial charge in [-0.05, 0) is 52.7 Å². The van der Waals surface area contributed by atoms with E-state index in [1.807, 2.05) is 34.6 Å². The Morgan fingerprint density at radius 1 is 1.20 bits per heavy atom. The average Bonchev–Trinajstić information content (AvgIpc) is 2.72. The van der Waals surface area contributed by atoms with E-state index in [9.17, 15) is 9.18 Å². The van der Waals surface area contributed by atoms with Crippen molar-refractivity contribution in [2.75, 3.05) is 5.32 Å². The molecule has 4 nitrogen and oxygen atoms in total. The Kier molecular flexibility index (Phi) is 5.95. The maximum Gasteiger partial charge on any atom is 0.497 e. The number of amides is 1. The summed E-state index contributed by atoms with van der Waals surface area (Å²) >= 11 is 0. The average molecular weight is 349 g/mol. The van der Waals surface area contributed by atoms with Gasteiger partial charge in [0.2, 0.25) is 5.91 Å². The van der Waals surface area contributed by atoms with E-state index < -0.39 is 24.1 Å². The van der Waals surface area contributed by atoms with E-state index in [0.29, 0.717) is 11.2 Å². The number of nitrogens with one attached hydrogen (secondary N) is 1. The van der Waals surface area contributed by atoms with Gasteiger partial charge in [-0.25, -0.2) is 4.39 Å². The summed E-state index contributed by atoms with van der Waals surface area (Å²) in [6.07, 6.45) is 2.55. The maximum atomic E-state index is 14.6. The molecule has 1 amide bonds. The summed E-state index contributed by atoms with van der Waals surface area (Å²) in [5.41, 5.74) is -0.244. The van der Waals surface area contributed by atoms with Crippen LogP contribution in [-0.2, 0) is 14.1 Å². The van der Waals surface area contributed by atoms with Gasteiger partial charge < -0.3 is 14.6 Å². The Morgan fingerprint density at radius 2 is 1.80 bits per heavy atom. The fourth-order valence-corrected chi connectivity index (χ4v) is 2.88. The molecule has 1 aromatic rings. The Labute approximate surface area is 150 Å². The molecular weight excluding hydrogens is 320 g/mol. The lowest BCUT2D eigenvalue weighted by Crippen LogP contribution is -2.41. The highest BCUT2D eigenvalue weighted by molar-refractivity contribution is 6.62. The van der Waals surface area contributed by atoms with Gasteiger partial charge >= 0.3 is 7.12 Å². The lowest BCUT2D eigenvalue weighted by Gasteiger charge is -2.32. The van der Waals surface area contributed by atoms with Crippen LogP contribution in [0.5, 0.6) is 0 Å². The molecule has 1 saturated heterocycles. The first kappa shape index (κ1) is 19.9. The third kappa shape index (κ3) is 4.23. The lowest BCUT2D eigenvalue weighted by atomic mass is 9.78. The van der Waals surface area contributed by atoms with Gasteiger partial charge in [0, 0.05) is 17.1 Å². The quantitative estimate of drug-likeness (QED) is 0.793. The fraction of sp³-hybridized carbons (Fsp3) is 0.632. The number of hydrogen-bond acceptors (Lipinski definition) is 3. The van der Waals surface area contributed by atoms with Crippen molar-refractivity contribution in [2.24, 2.45) is 5.92 Å². The van der Waals surface area contributed by atoms with Crippen LogP contribution in [0.4, 0.5) is 10.1 Å². The van der Waals surface area contributed by atoms with E-state index in [0.717, 1.165) is 19.3 Å². The van der Waals surface area contributed by atoms with Crippen LogP contribution in [0.1, 0.15) is 60.8 Å². The van der Waals surface area contributed by atoms with Crippen molar-refractivity contribution < 1.29 is 18.5 Å². The lowest BCUT2D eigenvalue weighted by molar-refractivity contribution is -0.120. The number of anilines is 1. The molecule has 1 aliphatic rings. The zero-order valence-corrected chi connectivity index (χ0v) is 16.1. The maximum absolute atomic E-state index is 14.6. The SMILES string of the molecule is CCCC(CC)C(=O)Nc1ccc(B2OC(C)(C)C(C)(C)O2)c(F)c1. The fourth-order valence-electron chi connectivity index (χ4n) is 2.88. The first-order chi connectivity index (χ1) is 11.6. The number of hydrogen-bond donors (Lipinski definition) is 1. The molecule has 1 unspecified atom stereocenters. The predicted molar refractivity (Wildman–Crippen MR) is 99.4 cm³/mol. The molecule has 0 aliphatic carbocycles. The Balaban J connectivity index is 2.13. The summed E-state index contributed by atoms with van der Waals surface area (Å²) in [6.45, 7) is 11.8. The van der Waals surface area contributed by atoms with Crippen molar-refractivity contribution in [3.05, 3.63) is 24.0 Å². The summed E-state index contributed by atoms with van der Waals surface area (Å²) in [5.74, 6) is -0.553. The molecule has 0 radical (unpaired) electrons. The monoisotopic (exact) mass is 349 g/mol. The van der Waals surface area contributed by atoms with E-state index >= 15 is 0 Å². The number of benzene rings is 1. The third-order valence-electron chi connectivity index (χ3n) is 5.28. The normalized spacial score (nSPS) is 19.7. The van der Waals surface area contributed by atoms with Gasteiger partial charge in [-0.1, -0.05) is 26.3 Å². The van der Waals surface area contributed by atoms with Gasteiger partial charge in [-0.2, -0.15) is 0 Å². The molecule has 1 aromatic carbocycles. The van der Waals surface area contributed by atoms with Gasteiger partial charge in [-0.15, -0.1) is 0 Å². The molecule has 1 atom stereocenters. The molecular formula is C19H29BFNO3. The van der Waals surface area contributed by atoms with Crippen molar-refractivity contribution in [3.63, 3.8) is 0 Å². The summed E-state index contributed by atoms with van der Waals surface area (Å²) in [6, 6.07) is 4.64. The number of halogens is 1. The Bertz CT molecular complexity index is 617. The van der Waals surface area contributed by atoms with Crippen molar-refractivity contribution >= 4 is 24.2 Å². The summed E-state index contributed by atoms with van der Waals surface area (Å²) in [4.78, 5) is 12.3. The molecule has 138 valence electrons. The molecule has 0 saturated carbocycles. The molecule has 1 fully saturated rings. The Morgan fingerprint density at radius 3 is 2.28 bits per heavy atom. The summed E-state index contributed by atoms with van der Waals surface area (Å²) in [5, 5.41) is 2.81. The van der Waals surface area contributed by atoms with Crippen LogP contribution in [0.15, 0.2) is 18.2 Å². The minimum Gasteiger partial charge on any atom is -0.399 e. The van der Waals surface area contributed by atoms with Crippen LogP contribution in [0.2, 0.25) is 0 Å². The number of rotatable bonds is 6. The van der Waals surface area contributed by atoms with E-state index in [4.69, 9.17) is 9.31 Å². The van der Waals surface area contributed by atoms with Crippen LogP contribution < -0.4 is 10.8 Å². The molecule has 25 heavy (non-hydrogen) atoms. The molecule has 1 N–H and O–H groups in total.